The maximum absolute atomic E-state index is 12.7. The largest absolute Gasteiger partial charge is 0.497 e. The lowest BCUT2D eigenvalue weighted by Gasteiger charge is -2.27. The number of carbonyl (C=O) groups is 1. The fraction of sp³-hybridized carbons (Fsp3) is 0.250. The van der Waals surface area contributed by atoms with Gasteiger partial charge in [-0.2, -0.15) is 0 Å². The third kappa shape index (κ3) is 3.27. The molecule has 0 saturated carbocycles. The molecule has 0 aliphatic carbocycles. The van der Waals surface area contributed by atoms with Gasteiger partial charge in [0.2, 0.25) is 0 Å². The molecule has 124 valence electrons. The molecule has 0 spiro atoms. The first-order chi connectivity index (χ1) is 11.7. The highest BCUT2D eigenvalue weighted by molar-refractivity contribution is 5.97. The molecule has 4 nitrogen and oxygen atoms in total. The molecule has 2 aromatic rings. The van der Waals surface area contributed by atoms with E-state index in [9.17, 15) is 4.79 Å². The van der Waals surface area contributed by atoms with Crippen LogP contribution in [0, 0.1) is 0 Å². The number of rotatable bonds is 4. The zero-order chi connectivity index (χ0) is 16.9. The summed E-state index contributed by atoms with van der Waals surface area (Å²) in [7, 11) is 3.25. The van der Waals surface area contributed by atoms with Crippen molar-refractivity contribution in [3.8, 4) is 11.5 Å². The minimum absolute atomic E-state index is 0.0116. The molecule has 0 bridgehead atoms. The number of nitrogens with zero attached hydrogens (tertiary/aromatic N) is 1. The Morgan fingerprint density at radius 2 is 1.75 bits per heavy atom. The van der Waals surface area contributed by atoms with Crippen molar-refractivity contribution in [1.82, 2.24) is 4.90 Å². The van der Waals surface area contributed by atoms with Gasteiger partial charge in [0.25, 0.3) is 5.91 Å². The molecule has 0 radical (unpaired) electrons. The molecule has 1 heterocycles. The first-order valence-corrected chi connectivity index (χ1v) is 7.98. The molecule has 1 aliphatic heterocycles. The van der Waals surface area contributed by atoms with Crippen LogP contribution in [-0.2, 0) is 0 Å². The Hall–Kier alpha value is -2.75. The number of carbonyl (C=O) groups excluding carboxylic acids is 1. The summed E-state index contributed by atoms with van der Waals surface area (Å²) in [5.41, 5.74) is 3.06. The minimum Gasteiger partial charge on any atom is -0.497 e. The summed E-state index contributed by atoms with van der Waals surface area (Å²) in [6.45, 7) is 1.31. The Bertz CT molecular complexity index is 750. The highest BCUT2D eigenvalue weighted by atomic mass is 16.5. The molecule has 1 aliphatic rings. The fourth-order valence-electron chi connectivity index (χ4n) is 2.91. The zero-order valence-corrected chi connectivity index (χ0v) is 14.0. The number of hydrogen-bond acceptors (Lipinski definition) is 3. The number of para-hydroxylation sites is 1. The van der Waals surface area contributed by atoms with Crippen LogP contribution in [0.15, 0.2) is 54.6 Å². The van der Waals surface area contributed by atoms with Crippen molar-refractivity contribution in [3.05, 3.63) is 65.7 Å². The van der Waals surface area contributed by atoms with Crippen LogP contribution in [0.2, 0.25) is 0 Å². The van der Waals surface area contributed by atoms with Crippen molar-refractivity contribution < 1.29 is 14.3 Å². The minimum atomic E-state index is 0.0116. The van der Waals surface area contributed by atoms with Gasteiger partial charge in [-0.05, 0) is 41.8 Å². The van der Waals surface area contributed by atoms with Gasteiger partial charge in [-0.15, -0.1) is 0 Å². The molecule has 1 amide bonds. The molecule has 0 saturated heterocycles. The summed E-state index contributed by atoms with van der Waals surface area (Å²) in [6.07, 6.45) is 2.96. The molecule has 4 heteroatoms. The van der Waals surface area contributed by atoms with E-state index < -0.39 is 0 Å². The predicted molar refractivity (Wildman–Crippen MR) is 94.5 cm³/mol. The van der Waals surface area contributed by atoms with E-state index in [4.69, 9.17) is 9.47 Å². The van der Waals surface area contributed by atoms with Gasteiger partial charge >= 0.3 is 0 Å². The van der Waals surface area contributed by atoms with Crippen LogP contribution in [0.1, 0.15) is 22.3 Å². The molecular formula is C20H21NO3. The lowest BCUT2D eigenvalue weighted by molar-refractivity contribution is 0.0769. The summed E-state index contributed by atoms with van der Waals surface area (Å²) >= 11 is 0. The first kappa shape index (κ1) is 16.1. The van der Waals surface area contributed by atoms with Gasteiger partial charge in [-0.25, -0.2) is 0 Å². The highest BCUT2D eigenvalue weighted by Crippen LogP contribution is 2.26. The fourth-order valence-corrected chi connectivity index (χ4v) is 2.91. The van der Waals surface area contributed by atoms with Crippen LogP contribution < -0.4 is 9.47 Å². The number of ether oxygens (including phenoxy) is 2. The number of benzene rings is 2. The standard InChI is InChI=1S/C20H21NO3/c1-23-17-9-7-15(8-10-17)16-11-13-21(14-12-16)20(22)18-5-3-4-6-19(18)24-2/h3-11H,12-14H2,1-2H3. The van der Waals surface area contributed by atoms with E-state index >= 15 is 0 Å². The molecule has 0 N–H and O–H groups in total. The Morgan fingerprint density at radius 1 is 1.00 bits per heavy atom. The van der Waals surface area contributed by atoms with Crippen molar-refractivity contribution in [2.75, 3.05) is 27.3 Å². The SMILES string of the molecule is COc1ccc(C2=CCN(C(=O)c3ccccc3OC)CC2)cc1. The summed E-state index contributed by atoms with van der Waals surface area (Å²) in [6, 6.07) is 15.4. The molecule has 0 unspecified atom stereocenters. The molecule has 24 heavy (non-hydrogen) atoms. The van der Waals surface area contributed by atoms with Crippen molar-refractivity contribution in [2.45, 2.75) is 6.42 Å². The smallest absolute Gasteiger partial charge is 0.257 e. The van der Waals surface area contributed by atoms with Crippen LogP contribution in [0.25, 0.3) is 5.57 Å². The topological polar surface area (TPSA) is 38.8 Å². The predicted octanol–water partition coefficient (Wildman–Crippen LogP) is 3.63. The van der Waals surface area contributed by atoms with Crippen LogP contribution in [0.3, 0.4) is 0 Å². The third-order valence-corrected chi connectivity index (χ3v) is 4.29. The van der Waals surface area contributed by atoms with Gasteiger partial charge in [-0.3, -0.25) is 4.79 Å². The van der Waals surface area contributed by atoms with Gasteiger partial charge < -0.3 is 14.4 Å². The average molecular weight is 323 g/mol. The summed E-state index contributed by atoms with van der Waals surface area (Å²) in [5.74, 6) is 1.48. The van der Waals surface area contributed by atoms with E-state index in [1.54, 1.807) is 14.2 Å². The third-order valence-electron chi connectivity index (χ3n) is 4.29. The van der Waals surface area contributed by atoms with Crippen molar-refractivity contribution in [3.63, 3.8) is 0 Å². The van der Waals surface area contributed by atoms with E-state index in [1.165, 1.54) is 11.1 Å². The van der Waals surface area contributed by atoms with Crippen molar-refractivity contribution in [2.24, 2.45) is 0 Å². The highest BCUT2D eigenvalue weighted by Gasteiger charge is 2.21. The van der Waals surface area contributed by atoms with E-state index in [1.807, 2.05) is 41.3 Å². The Morgan fingerprint density at radius 3 is 2.38 bits per heavy atom. The lowest BCUT2D eigenvalue weighted by atomic mass is 9.99. The molecule has 2 aromatic carbocycles. The molecule has 0 fully saturated rings. The maximum Gasteiger partial charge on any atom is 0.257 e. The van der Waals surface area contributed by atoms with E-state index in [0.717, 1.165) is 12.2 Å². The van der Waals surface area contributed by atoms with Crippen LogP contribution in [-0.4, -0.2) is 38.1 Å². The average Bonchev–Trinajstić information content (AvgIpc) is 2.67. The van der Waals surface area contributed by atoms with E-state index in [0.29, 0.717) is 24.4 Å². The van der Waals surface area contributed by atoms with Gasteiger partial charge in [-0.1, -0.05) is 30.3 Å². The summed E-state index contributed by atoms with van der Waals surface area (Å²) in [5, 5.41) is 0. The van der Waals surface area contributed by atoms with E-state index in [-0.39, 0.29) is 5.91 Å². The Balaban J connectivity index is 1.73. The number of hydrogen-bond donors (Lipinski definition) is 0. The van der Waals surface area contributed by atoms with Crippen molar-refractivity contribution in [1.29, 1.82) is 0 Å². The van der Waals surface area contributed by atoms with E-state index in [2.05, 4.69) is 18.2 Å². The molecule has 0 aromatic heterocycles. The lowest BCUT2D eigenvalue weighted by Crippen LogP contribution is -2.34. The summed E-state index contributed by atoms with van der Waals surface area (Å²) in [4.78, 5) is 14.6. The van der Waals surface area contributed by atoms with Crippen LogP contribution in [0.5, 0.6) is 11.5 Å². The number of methoxy groups -OCH3 is 2. The maximum atomic E-state index is 12.7. The Kier molecular flexibility index (Phi) is 4.85. The monoisotopic (exact) mass is 323 g/mol. The van der Waals surface area contributed by atoms with Gasteiger partial charge in [0, 0.05) is 13.1 Å². The van der Waals surface area contributed by atoms with Gasteiger partial charge in [0.05, 0.1) is 19.8 Å². The molecule has 3 rings (SSSR count). The second-order valence-electron chi connectivity index (χ2n) is 5.66. The first-order valence-electron chi connectivity index (χ1n) is 7.98. The van der Waals surface area contributed by atoms with Crippen LogP contribution >= 0.6 is 0 Å². The quantitative estimate of drug-likeness (QED) is 0.862. The van der Waals surface area contributed by atoms with Gasteiger partial charge in [0.1, 0.15) is 11.5 Å². The zero-order valence-electron chi connectivity index (χ0n) is 14.0. The number of amides is 1. The van der Waals surface area contributed by atoms with Gasteiger partial charge in [0.15, 0.2) is 0 Å². The normalized spacial score (nSPS) is 14.1. The molecular weight excluding hydrogens is 302 g/mol. The summed E-state index contributed by atoms with van der Waals surface area (Å²) < 4.78 is 10.5. The van der Waals surface area contributed by atoms with Crippen LogP contribution in [0.4, 0.5) is 0 Å². The Labute approximate surface area is 142 Å². The second kappa shape index (κ2) is 7.21. The molecule has 0 atom stereocenters. The van der Waals surface area contributed by atoms with Crippen molar-refractivity contribution >= 4 is 11.5 Å². The second-order valence-corrected chi connectivity index (χ2v) is 5.66.